The van der Waals surface area contributed by atoms with Crippen LogP contribution in [0.1, 0.15) is 23.7 Å². The number of benzene rings is 1. The highest BCUT2D eigenvalue weighted by atomic mass is 32.2. The van der Waals surface area contributed by atoms with Crippen LogP contribution in [0.5, 0.6) is 0 Å². The van der Waals surface area contributed by atoms with Crippen LogP contribution in [0.2, 0.25) is 0 Å². The molecule has 0 bridgehead atoms. The molecule has 1 rings (SSSR count). The van der Waals surface area contributed by atoms with Gasteiger partial charge in [-0.2, -0.15) is 0 Å². The molecule has 8 nitrogen and oxygen atoms in total. The van der Waals surface area contributed by atoms with Crippen molar-refractivity contribution >= 4 is 27.6 Å². The number of carboxylic acids is 1. The number of sulfonamides is 1. The number of nitrogens with two attached hydrogens (primary N) is 1. The van der Waals surface area contributed by atoms with Crippen molar-refractivity contribution in [1.82, 2.24) is 10.0 Å². The number of amides is 1. The van der Waals surface area contributed by atoms with Crippen LogP contribution < -0.4 is 15.8 Å². The molecule has 0 heterocycles. The van der Waals surface area contributed by atoms with Gasteiger partial charge in [0, 0.05) is 25.2 Å². The lowest BCUT2D eigenvalue weighted by Crippen LogP contribution is -2.31. The number of carbonyl (C=O) groups is 2. The van der Waals surface area contributed by atoms with Gasteiger partial charge in [-0.15, -0.1) is 0 Å². The molecule has 0 atom stereocenters. The molecular formula is C12H17N3O5S. The first-order valence-electron chi connectivity index (χ1n) is 6.17. The van der Waals surface area contributed by atoms with E-state index in [0.29, 0.717) is 6.54 Å². The van der Waals surface area contributed by atoms with E-state index in [1.165, 1.54) is 6.07 Å². The number of aromatic carboxylic acids is 1. The molecule has 1 amide bonds. The van der Waals surface area contributed by atoms with E-state index in [0.717, 1.165) is 12.1 Å². The maximum atomic E-state index is 12.1. The van der Waals surface area contributed by atoms with E-state index >= 15 is 0 Å². The number of hydrogen-bond acceptors (Lipinski definition) is 5. The normalized spacial score (nSPS) is 11.1. The summed E-state index contributed by atoms with van der Waals surface area (Å²) >= 11 is 0. The number of nitrogens with one attached hydrogen (secondary N) is 2. The van der Waals surface area contributed by atoms with Crippen molar-refractivity contribution in [2.75, 3.05) is 18.8 Å². The zero-order valence-electron chi connectivity index (χ0n) is 11.4. The molecule has 0 aromatic heterocycles. The van der Waals surface area contributed by atoms with Crippen LogP contribution in [0.4, 0.5) is 5.69 Å². The quantitative estimate of drug-likeness (QED) is 0.513. The lowest BCUT2D eigenvalue weighted by Gasteiger charge is -2.10. The Morgan fingerprint density at radius 2 is 2.00 bits per heavy atom. The highest BCUT2D eigenvalue weighted by Crippen LogP contribution is 2.19. The lowest BCUT2D eigenvalue weighted by molar-refractivity contribution is -0.120. The largest absolute Gasteiger partial charge is 0.478 e. The second-order valence-electron chi connectivity index (χ2n) is 4.16. The van der Waals surface area contributed by atoms with Crippen LogP contribution in [0, 0.1) is 0 Å². The summed E-state index contributed by atoms with van der Waals surface area (Å²) in [7, 11) is -4.06. The van der Waals surface area contributed by atoms with Crippen LogP contribution >= 0.6 is 0 Å². The Morgan fingerprint density at radius 3 is 2.57 bits per heavy atom. The number of hydrogen-bond donors (Lipinski definition) is 4. The third kappa shape index (κ3) is 4.72. The Hall–Kier alpha value is -2.13. The predicted molar refractivity (Wildman–Crippen MR) is 76.3 cm³/mol. The van der Waals surface area contributed by atoms with E-state index in [2.05, 4.69) is 10.0 Å². The minimum Gasteiger partial charge on any atom is -0.478 e. The van der Waals surface area contributed by atoms with E-state index in [9.17, 15) is 18.0 Å². The second kappa shape index (κ2) is 7.04. The smallest absolute Gasteiger partial charge is 0.337 e. The van der Waals surface area contributed by atoms with Gasteiger partial charge in [0.25, 0.3) is 0 Å². The first-order chi connectivity index (χ1) is 9.77. The van der Waals surface area contributed by atoms with Crippen molar-refractivity contribution in [1.29, 1.82) is 0 Å². The Labute approximate surface area is 122 Å². The molecular weight excluding hydrogens is 298 g/mol. The molecule has 0 aliphatic rings. The van der Waals surface area contributed by atoms with E-state index < -0.39 is 20.9 Å². The van der Waals surface area contributed by atoms with Gasteiger partial charge in [0.05, 0.1) is 10.5 Å². The maximum absolute atomic E-state index is 12.1. The van der Waals surface area contributed by atoms with E-state index in [4.69, 9.17) is 10.8 Å². The Balaban J connectivity index is 2.90. The minimum atomic E-state index is -4.06. The molecule has 116 valence electrons. The van der Waals surface area contributed by atoms with E-state index in [1.807, 2.05) is 0 Å². The van der Waals surface area contributed by atoms with Crippen LogP contribution in [-0.4, -0.2) is 38.5 Å². The molecule has 1 aromatic rings. The summed E-state index contributed by atoms with van der Waals surface area (Å²) in [5, 5.41) is 11.5. The Kier molecular flexibility index (Phi) is 5.68. The summed E-state index contributed by atoms with van der Waals surface area (Å²) in [6.45, 7) is 2.06. The van der Waals surface area contributed by atoms with Crippen LogP contribution in [-0.2, 0) is 14.8 Å². The van der Waals surface area contributed by atoms with Gasteiger partial charge >= 0.3 is 5.97 Å². The molecule has 0 unspecified atom stereocenters. The summed E-state index contributed by atoms with van der Waals surface area (Å²) < 4.78 is 26.4. The summed E-state index contributed by atoms with van der Waals surface area (Å²) in [6, 6.07) is 3.49. The second-order valence-corrected chi connectivity index (χ2v) is 5.90. The van der Waals surface area contributed by atoms with Crippen LogP contribution in [0.25, 0.3) is 0 Å². The fourth-order valence-corrected chi connectivity index (χ4v) is 2.86. The summed E-state index contributed by atoms with van der Waals surface area (Å²) in [6.07, 6.45) is -0.0439. The number of carboxylic acid groups (broad SMARTS) is 1. The molecule has 1 aromatic carbocycles. The van der Waals surface area contributed by atoms with Crippen molar-refractivity contribution < 1.29 is 23.1 Å². The van der Waals surface area contributed by atoms with Crippen molar-refractivity contribution in [2.45, 2.75) is 18.2 Å². The molecule has 0 saturated heterocycles. The van der Waals surface area contributed by atoms with Gasteiger partial charge in [-0.05, 0) is 25.1 Å². The van der Waals surface area contributed by atoms with Gasteiger partial charge in [0.1, 0.15) is 0 Å². The van der Waals surface area contributed by atoms with Gasteiger partial charge in [0.15, 0.2) is 0 Å². The molecule has 0 aliphatic carbocycles. The van der Waals surface area contributed by atoms with Crippen molar-refractivity contribution in [2.24, 2.45) is 0 Å². The standard InChI is InChI=1S/C12H17N3O5S/c1-2-14-11(16)5-6-15-21(19,20)10-7-8(13)3-4-9(10)12(17)18/h3-4,7,15H,2,5-6,13H2,1H3,(H,14,16)(H,17,18). The number of nitrogen functional groups attached to an aromatic ring is 1. The Bertz CT molecular complexity index is 642. The monoisotopic (exact) mass is 315 g/mol. The van der Waals surface area contributed by atoms with Gasteiger partial charge in [-0.25, -0.2) is 17.9 Å². The van der Waals surface area contributed by atoms with Crippen LogP contribution in [0.3, 0.4) is 0 Å². The lowest BCUT2D eigenvalue weighted by atomic mass is 10.2. The zero-order chi connectivity index (χ0) is 16.0. The molecule has 9 heteroatoms. The summed E-state index contributed by atoms with van der Waals surface area (Å²) in [5.74, 6) is -1.68. The zero-order valence-corrected chi connectivity index (χ0v) is 12.2. The maximum Gasteiger partial charge on any atom is 0.337 e. The van der Waals surface area contributed by atoms with Crippen LogP contribution in [0.15, 0.2) is 23.1 Å². The van der Waals surface area contributed by atoms with Gasteiger partial charge in [-0.3, -0.25) is 4.79 Å². The number of carbonyl (C=O) groups excluding carboxylic acids is 1. The fraction of sp³-hybridized carbons (Fsp3) is 0.333. The molecule has 21 heavy (non-hydrogen) atoms. The average molecular weight is 315 g/mol. The minimum absolute atomic E-state index is 0.0439. The van der Waals surface area contributed by atoms with Gasteiger partial charge in [-0.1, -0.05) is 0 Å². The number of rotatable bonds is 7. The molecule has 0 aliphatic heterocycles. The van der Waals surface area contributed by atoms with Crippen molar-refractivity contribution in [3.05, 3.63) is 23.8 Å². The Morgan fingerprint density at radius 1 is 1.33 bits per heavy atom. The van der Waals surface area contributed by atoms with Gasteiger partial charge < -0.3 is 16.2 Å². The first kappa shape index (κ1) is 16.9. The van der Waals surface area contributed by atoms with E-state index in [-0.39, 0.29) is 30.1 Å². The average Bonchev–Trinajstić information content (AvgIpc) is 2.38. The highest BCUT2D eigenvalue weighted by Gasteiger charge is 2.22. The van der Waals surface area contributed by atoms with Crippen molar-refractivity contribution in [3.63, 3.8) is 0 Å². The SMILES string of the molecule is CCNC(=O)CCNS(=O)(=O)c1cc(N)ccc1C(=O)O. The first-order valence-corrected chi connectivity index (χ1v) is 7.65. The predicted octanol–water partition coefficient (Wildman–Crippen LogP) is -0.228. The fourth-order valence-electron chi connectivity index (χ4n) is 1.60. The van der Waals surface area contributed by atoms with Gasteiger partial charge in [0.2, 0.25) is 15.9 Å². The summed E-state index contributed by atoms with van der Waals surface area (Å²) in [4.78, 5) is 21.9. The molecule has 0 saturated carbocycles. The molecule has 5 N–H and O–H groups in total. The molecule has 0 spiro atoms. The molecule has 0 radical (unpaired) electrons. The molecule has 0 fully saturated rings. The summed E-state index contributed by atoms with van der Waals surface area (Å²) in [5.41, 5.74) is 5.24. The third-order valence-corrected chi connectivity index (χ3v) is 4.04. The topological polar surface area (TPSA) is 139 Å². The number of anilines is 1. The third-order valence-electron chi connectivity index (χ3n) is 2.54. The highest BCUT2D eigenvalue weighted by molar-refractivity contribution is 7.89. The van der Waals surface area contributed by atoms with E-state index in [1.54, 1.807) is 6.92 Å². The van der Waals surface area contributed by atoms with Crippen molar-refractivity contribution in [3.8, 4) is 0 Å².